The molecule has 2 amide bonds. The van der Waals surface area contributed by atoms with Crippen molar-refractivity contribution < 1.29 is 9.59 Å². The van der Waals surface area contributed by atoms with Crippen LogP contribution in [0.4, 0.5) is 5.69 Å². The van der Waals surface area contributed by atoms with Crippen molar-refractivity contribution in [2.24, 2.45) is 0 Å². The summed E-state index contributed by atoms with van der Waals surface area (Å²) in [6.07, 6.45) is 3.97. The molecule has 2 aromatic rings. The van der Waals surface area contributed by atoms with Crippen molar-refractivity contribution in [3.05, 3.63) is 59.4 Å². The van der Waals surface area contributed by atoms with Gasteiger partial charge in [0, 0.05) is 18.3 Å². The van der Waals surface area contributed by atoms with Crippen LogP contribution < -0.4 is 10.2 Å². The second-order valence-corrected chi connectivity index (χ2v) is 6.73. The van der Waals surface area contributed by atoms with Crippen LogP contribution in [0.25, 0.3) is 0 Å². The van der Waals surface area contributed by atoms with Crippen LogP contribution in [-0.4, -0.2) is 29.4 Å². The molecule has 0 bridgehead atoms. The SMILES string of the molecule is CCCCCNC(=O)c1cccc(C(=O)N2c3ccccc3CC2C)n1. The number of pyridine rings is 1. The Morgan fingerprint density at radius 3 is 2.69 bits per heavy atom. The number of unbranched alkanes of at least 4 members (excludes halogenated alkanes) is 2. The van der Waals surface area contributed by atoms with Crippen LogP contribution in [-0.2, 0) is 6.42 Å². The zero-order valence-corrected chi connectivity index (χ0v) is 15.4. The Balaban J connectivity index is 1.76. The van der Waals surface area contributed by atoms with Gasteiger partial charge in [0.15, 0.2) is 0 Å². The largest absolute Gasteiger partial charge is 0.351 e. The van der Waals surface area contributed by atoms with Crippen LogP contribution in [0, 0.1) is 0 Å². The number of para-hydroxylation sites is 1. The Labute approximate surface area is 154 Å². The highest BCUT2D eigenvalue weighted by Crippen LogP contribution is 2.32. The Morgan fingerprint density at radius 2 is 1.88 bits per heavy atom. The van der Waals surface area contributed by atoms with Crippen LogP contribution in [0.1, 0.15) is 59.7 Å². The highest BCUT2D eigenvalue weighted by Gasteiger charge is 2.32. The molecular formula is C21H25N3O2. The number of fused-ring (bicyclic) bond motifs is 1. The molecule has 2 heterocycles. The molecule has 1 aliphatic heterocycles. The van der Waals surface area contributed by atoms with Gasteiger partial charge in [0.1, 0.15) is 11.4 Å². The Kier molecular flexibility index (Phi) is 5.66. The third-order valence-corrected chi connectivity index (χ3v) is 4.69. The van der Waals surface area contributed by atoms with Crippen LogP contribution in [0.2, 0.25) is 0 Å². The first-order valence-electron chi connectivity index (χ1n) is 9.28. The molecule has 0 saturated carbocycles. The van der Waals surface area contributed by atoms with E-state index >= 15 is 0 Å². The van der Waals surface area contributed by atoms with E-state index < -0.39 is 0 Å². The third-order valence-electron chi connectivity index (χ3n) is 4.69. The number of amides is 2. The van der Waals surface area contributed by atoms with Crippen molar-refractivity contribution in [3.8, 4) is 0 Å². The maximum absolute atomic E-state index is 13.0. The molecule has 0 fully saturated rings. The van der Waals surface area contributed by atoms with Crippen LogP contribution in [0.3, 0.4) is 0 Å². The summed E-state index contributed by atoms with van der Waals surface area (Å²) in [5.74, 6) is -0.395. The molecule has 1 aliphatic rings. The van der Waals surface area contributed by atoms with E-state index in [1.54, 1.807) is 23.1 Å². The van der Waals surface area contributed by atoms with Gasteiger partial charge in [-0.1, -0.05) is 44.0 Å². The molecule has 136 valence electrons. The number of anilines is 1. The number of nitrogens with one attached hydrogen (secondary N) is 1. The summed E-state index contributed by atoms with van der Waals surface area (Å²) in [6, 6.07) is 13.0. The second kappa shape index (κ2) is 8.13. The van der Waals surface area contributed by atoms with Crippen molar-refractivity contribution in [2.45, 2.75) is 45.6 Å². The van der Waals surface area contributed by atoms with Gasteiger partial charge in [-0.15, -0.1) is 0 Å². The summed E-state index contributed by atoms with van der Waals surface area (Å²) >= 11 is 0. The number of rotatable bonds is 6. The molecule has 1 N–H and O–H groups in total. The lowest BCUT2D eigenvalue weighted by molar-refractivity contribution is 0.0947. The van der Waals surface area contributed by atoms with E-state index in [2.05, 4.69) is 17.2 Å². The Hall–Kier alpha value is -2.69. The fraction of sp³-hybridized carbons (Fsp3) is 0.381. The quantitative estimate of drug-likeness (QED) is 0.809. The van der Waals surface area contributed by atoms with Gasteiger partial charge >= 0.3 is 0 Å². The van der Waals surface area contributed by atoms with E-state index in [9.17, 15) is 9.59 Å². The lowest BCUT2D eigenvalue weighted by Crippen LogP contribution is -2.36. The van der Waals surface area contributed by atoms with Gasteiger partial charge in [-0.2, -0.15) is 0 Å². The summed E-state index contributed by atoms with van der Waals surface area (Å²) < 4.78 is 0. The van der Waals surface area contributed by atoms with E-state index in [-0.39, 0.29) is 23.6 Å². The molecule has 1 atom stereocenters. The second-order valence-electron chi connectivity index (χ2n) is 6.73. The van der Waals surface area contributed by atoms with E-state index in [4.69, 9.17) is 0 Å². The molecule has 5 nitrogen and oxygen atoms in total. The average molecular weight is 351 g/mol. The van der Waals surface area contributed by atoms with E-state index in [0.717, 1.165) is 36.9 Å². The molecule has 0 aliphatic carbocycles. The molecule has 26 heavy (non-hydrogen) atoms. The van der Waals surface area contributed by atoms with E-state index in [1.165, 1.54) is 0 Å². The molecule has 0 spiro atoms. The average Bonchev–Trinajstić information content (AvgIpc) is 3.00. The molecule has 1 unspecified atom stereocenters. The monoisotopic (exact) mass is 351 g/mol. The van der Waals surface area contributed by atoms with Gasteiger partial charge in [-0.25, -0.2) is 4.98 Å². The predicted molar refractivity (Wildman–Crippen MR) is 103 cm³/mol. The fourth-order valence-corrected chi connectivity index (χ4v) is 3.35. The van der Waals surface area contributed by atoms with E-state index in [1.807, 2.05) is 31.2 Å². The van der Waals surface area contributed by atoms with Crippen molar-refractivity contribution >= 4 is 17.5 Å². The van der Waals surface area contributed by atoms with Gasteiger partial charge in [0.2, 0.25) is 0 Å². The van der Waals surface area contributed by atoms with Crippen molar-refractivity contribution in [1.29, 1.82) is 0 Å². The number of hydrogen-bond acceptors (Lipinski definition) is 3. The van der Waals surface area contributed by atoms with Gasteiger partial charge < -0.3 is 10.2 Å². The van der Waals surface area contributed by atoms with Crippen molar-refractivity contribution in [3.63, 3.8) is 0 Å². The maximum atomic E-state index is 13.0. The number of carbonyl (C=O) groups excluding carboxylic acids is 2. The van der Waals surface area contributed by atoms with Gasteiger partial charge in [-0.05, 0) is 43.5 Å². The highest BCUT2D eigenvalue weighted by atomic mass is 16.2. The normalized spacial score (nSPS) is 15.6. The molecule has 0 saturated heterocycles. The maximum Gasteiger partial charge on any atom is 0.277 e. The summed E-state index contributed by atoms with van der Waals surface area (Å²) in [7, 11) is 0. The lowest BCUT2D eigenvalue weighted by Gasteiger charge is -2.22. The number of nitrogens with zero attached hydrogens (tertiary/aromatic N) is 2. The molecule has 1 aromatic carbocycles. The van der Waals surface area contributed by atoms with Gasteiger partial charge in [-0.3, -0.25) is 9.59 Å². The smallest absolute Gasteiger partial charge is 0.277 e. The summed E-state index contributed by atoms with van der Waals surface area (Å²) in [4.78, 5) is 31.4. The molecule has 5 heteroatoms. The minimum atomic E-state index is -0.231. The number of aromatic nitrogens is 1. The predicted octanol–water partition coefficient (Wildman–Crippen LogP) is 3.59. The minimum absolute atomic E-state index is 0.0771. The first kappa shape index (κ1) is 18.1. The number of benzene rings is 1. The summed E-state index contributed by atoms with van der Waals surface area (Å²) in [6.45, 7) is 4.78. The first-order valence-corrected chi connectivity index (χ1v) is 9.28. The summed E-state index contributed by atoms with van der Waals surface area (Å²) in [5.41, 5.74) is 2.68. The van der Waals surface area contributed by atoms with Crippen molar-refractivity contribution in [2.75, 3.05) is 11.4 Å². The van der Waals surface area contributed by atoms with Gasteiger partial charge in [0.05, 0.1) is 0 Å². The molecule has 0 radical (unpaired) electrons. The summed E-state index contributed by atoms with van der Waals surface area (Å²) in [5, 5.41) is 2.87. The number of carbonyl (C=O) groups is 2. The molecule has 1 aromatic heterocycles. The topological polar surface area (TPSA) is 62.3 Å². The van der Waals surface area contributed by atoms with Gasteiger partial charge in [0.25, 0.3) is 11.8 Å². The zero-order chi connectivity index (χ0) is 18.5. The standard InChI is InChI=1S/C21H25N3O2/c1-3-4-7-13-22-20(25)17-10-8-11-18(23-17)21(26)24-15(2)14-16-9-5-6-12-19(16)24/h5-6,8-12,15H,3-4,7,13-14H2,1-2H3,(H,22,25). The minimum Gasteiger partial charge on any atom is -0.351 e. The Bertz CT molecular complexity index is 803. The van der Waals surface area contributed by atoms with Crippen LogP contribution >= 0.6 is 0 Å². The van der Waals surface area contributed by atoms with Crippen molar-refractivity contribution in [1.82, 2.24) is 10.3 Å². The third kappa shape index (κ3) is 3.77. The fourth-order valence-electron chi connectivity index (χ4n) is 3.35. The molecular weight excluding hydrogens is 326 g/mol. The number of hydrogen-bond donors (Lipinski definition) is 1. The van der Waals surface area contributed by atoms with E-state index in [0.29, 0.717) is 12.2 Å². The highest BCUT2D eigenvalue weighted by molar-refractivity contribution is 6.07. The lowest BCUT2D eigenvalue weighted by atomic mass is 10.1. The van der Waals surface area contributed by atoms with Crippen LogP contribution in [0.5, 0.6) is 0 Å². The Morgan fingerprint density at radius 1 is 1.12 bits per heavy atom. The first-order chi connectivity index (χ1) is 12.6. The zero-order valence-electron chi connectivity index (χ0n) is 15.4. The van der Waals surface area contributed by atoms with Crippen LogP contribution in [0.15, 0.2) is 42.5 Å². The molecule has 3 rings (SSSR count).